The highest BCUT2D eigenvalue weighted by molar-refractivity contribution is 7.99. The number of para-hydroxylation sites is 1. The minimum absolute atomic E-state index is 0.113. The Kier molecular flexibility index (Phi) is 5.96. The molecule has 0 spiro atoms. The standard InChI is InChI=1S/C21H23N3O2S/c1-3-14(2)15-8-10-16(11-9-15)24-20(26)17-6-4-5-7-18(17)23-21(24)27-13-12-19(22)25/h4-11,14H,3,12-13H2,1-2H3,(H2,22,25). The van der Waals surface area contributed by atoms with Crippen LogP contribution in [0.25, 0.3) is 16.6 Å². The smallest absolute Gasteiger partial charge is 0.266 e. The van der Waals surface area contributed by atoms with Crippen molar-refractivity contribution < 1.29 is 4.79 Å². The summed E-state index contributed by atoms with van der Waals surface area (Å²) >= 11 is 1.37. The number of hydrogen-bond donors (Lipinski definition) is 1. The van der Waals surface area contributed by atoms with Gasteiger partial charge in [-0.05, 0) is 42.2 Å². The molecular formula is C21H23N3O2S. The Morgan fingerprint density at radius 3 is 2.56 bits per heavy atom. The lowest BCUT2D eigenvalue weighted by Gasteiger charge is -2.15. The van der Waals surface area contributed by atoms with Gasteiger partial charge in [-0.25, -0.2) is 4.98 Å². The van der Waals surface area contributed by atoms with Crippen LogP contribution in [0.1, 0.15) is 38.2 Å². The fourth-order valence-corrected chi connectivity index (χ4v) is 3.83. The molecule has 1 unspecified atom stereocenters. The lowest BCUT2D eigenvalue weighted by Crippen LogP contribution is -2.22. The number of aromatic nitrogens is 2. The monoisotopic (exact) mass is 381 g/mol. The maximum Gasteiger partial charge on any atom is 0.266 e. The minimum atomic E-state index is -0.366. The fraction of sp³-hybridized carbons (Fsp3) is 0.286. The molecule has 1 atom stereocenters. The van der Waals surface area contributed by atoms with Gasteiger partial charge in [-0.2, -0.15) is 0 Å². The third kappa shape index (κ3) is 4.22. The zero-order chi connectivity index (χ0) is 19.4. The number of hydrogen-bond acceptors (Lipinski definition) is 4. The number of thioether (sulfide) groups is 1. The predicted molar refractivity (Wildman–Crippen MR) is 111 cm³/mol. The van der Waals surface area contributed by atoms with Crippen molar-refractivity contribution in [2.45, 2.75) is 37.8 Å². The number of carbonyl (C=O) groups excluding carboxylic acids is 1. The van der Waals surface area contributed by atoms with Crippen LogP contribution >= 0.6 is 11.8 Å². The predicted octanol–water partition coefficient (Wildman–Crippen LogP) is 3.87. The first-order chi connectivity index (χ1) is 13.0. The van der Waals surface area contributed by atoms with E-state index in [-0.39, 0.29) is 17.9 Å². The molecular weight excluding hydrogens is 358 g/mol. The molecule has 0 aliphatic rings. The molecule has 0 aliphatic carbocycles. The number of fused-ring (bicyclic) bond motifs is 1. The van der Waals surface area contributed by atoms with Crippen LogP contribution in [0, 0.1) is 0 Å². The van der Waals surface area contributed by atoms with Gasteiger partial charge in [0, 0.05) is 12.2 Å². The largest absolute Gasteiger partial charge is 0.370 e. The Morgan fingerprint density at radius 2 is 1.89 bits per heavy atom. The van der Waals surface area contributed by atoms with Gasteiger partial charge in [-0.15, -0.1) is 0 Å². The number of nitrogens with zero attached hydrogens (tertiary/aromatic N) is 2. The van der Waals surface area contributed by atoms with E-state index in [4.69, 9.17) is 5.73 Å². The maximum atomic E-state index is 13.1. The fourth-order valence-electron chi connectivity index (χ4n) is 2.87. The average Bonchev–Trinajstić information content (AvgIpc) is 2.67. The second-order valence-corrected chi connectivity index (χ2v) is 7.58. The van der Waals surface area contributed by atoms with E-state index in [9.17, 15) is 9.59 Å². The van der Waals surface area contributed by atoms with E-state index in [1.165, 1.54) is 17.3 Å². The lowest BCUT2D eigenvalue weighted by atomic mass is 9.98. The summed E-state index contributed by atoms with van der Waals surface area (Å²) in [5, 5.41) is 1.14. The Hall–Kier alpha value is -2.60. The molecule has 3 aromatic rings. The van der Waals surface area contributed by atoms with Crippen LogP contribution < -0.4 is 11.3 Å². The van der Waals surface area contributed by atoms with E-state index in [1.807, 2.05) is 30.3 Å². The van der Waals surface area contributed by atoms with Crippen LogP contribution in [0.4, 0.5) is 0 Å². The van der Waals surface area contributed by atoms with E-state index in [0.29, 0.717) is 27.7 Å². The van der Waals surface area contributed by atoms with Gasteiger partial charge < -0.3 is 5.73 Å². The Balaban J connectivity index is 2.09. The normalized spacial score (nSPS) is 12.2. The molecule has 0 bridgehead atoms. The molecule has 6 heteroatoms. The Morgan fingerprint density at radius 1 is 1.19 bits per heavy atom. The number of benzene rings is 2. The summed E-state index contributed by atoms with van der Waals surface area (Å²) in [5.41, 5.74) is 7.79. The van der Waals surface area contributed by atoms with Crippen molar-refractivity contribution in [3.05, 3.63) is 64.4 Å². The van der Waals surface area contributed by atoms with Crippen LogP contribution in [0.2, 0.25) is 0 Å². The van der Waals surface area contributed by atoms with Crippen LogP contribution in [0.3, 0.4) is 0 Å². The highest BCUT2D eigenvalue weighted by Gasteiger charge is 2.14. The zero-order valence-corrected chi connectivity index (χ0v) is 16.3. The molecule has 27 heavy (non-hydrogen) atoms. The molecule has 2 N–H and O–H groups in total. The van der Waals surface area contributed by atoms with Crippen LogP contribution in [0.5, 0.6) is 0 Å². The van der Waals surface area contributed by atoms with E-state index in [0.717, 1.165) is 12.1 Å². The maximum absolute atomic E-state index is 13.1. The van der Waals surface area contributed by atoms with E-state index >= 15 is 0 Å². The topological polar surface area (TPSA) is 78.0 Å². The lowest BCUT2D eigenvalue weighted by molar-refractivity contribution is -0.117. The van der Waals surface area contributed by atoms with Crippen LogP contribution in [-0.2, 0) is 4.79 Å². The molecule has 2 aromatic carbocycles. The van der Waals surface area contributed by atoms with Crippen molar-refractivity contribution in [3.63, 3.8) is 0 Å². The molecule has 0 saturated heterocycles. The molecule has 1 heterocycles. The van der Waals surface area contributed by atoms with Crippen molar-refractivity contribution in [2.75, 3.05) is 5.75 Å². The molecule has 3 rings (SSSR count). The summed E-state index contributed by atoms with van der Waals surface area (Å²) in [6.45, 7) is 4.34. The Bertz CT molecular complexity index is 1010. The second-order valence-electron chi connectivity index (χ2n) is 6.52. The van der Waals surface area contributed by atoms with Crippen molar-refractivity contribution >= 4 is 28.6 Å². The zero-order valence-electron chi connectivity index (χ0n) is 15.5. The van der Waals surface area contributed by atoms with Crippen molar-refractivity contribution in [1.82, 2.24) is 9.55 Å². The molecule has 1 amide bonds. The van der Waals surface area contributed by atoms with Gasteiger partial charge in [-0.3, -0.25) is 14.2 Å². The van der Waals surface area contributed by atoms with Crippen LogP contribution in [0.15, 0.2) is 58.5 Å². The first-order valence-electron chi connectivity index (χ1n) is 9.04. The summed E-state index contributed by atoms with van der Waals surface area (Å²) < 4.78 is 1.62. The number of nitrogens with two attached hydrogens (primary N) is 1. The molecule has 0 fully saturated rings. The van der Waals surface area contributed by atoms with Gasteiger partial charge >= 0.3 is 0 Å². The Labute approximate surface area is 162 Å². The van der Waals surface area contributed by atoms with Gasteiger partial charge in [-0.1, -0.05) is 49.9 Å². The average molecular weight is 382 g/mol. The number of carbonyl (C=O) groups is 1. The SMILES string of the molecule is CCC(C)c1ccc(-n2c(SCCC(N)=O)nc3ccccc3c2=O)cc1. The van der Waals surface area contributed by atoms with Gasteiger partial charge in [0.15, 0.2) is 5.16 Å². The number of rotatable bonds is 7. The number of amides is 1. The second kappa shape index (κ2) is 8.39. The minimum Gasteiger partial charge on any atom is -0.370 e. The van der Waals surface area contributed by atoms with E-state index < -0.39 is 0 Å². The highest BCUT2D eigenvalue weighted by atomic mass is 32.2. The summed E-state index contributed by atoms with van der Waals surface area (Å²) in [6.07, 6.45) is 1.30. The van der Waals surface area contributed by atoms with Crippen molar-refractivity contribution in [1.29, 1.82) is 0 Å². The molecule has 140 valence electrons. The molecule has 0 radical (unpaired) electrons. The molecule has 5 nitrogen and oxygen atoms in total. The highest BCUT2D eigenvalue weighted by Crippen LogP contribution is 2.24. The molecule has 0 saturated carbocycles. The van der Waals surface area contributed by atoms with Gasteiger partial charge in [0.25, 0.3) is 5.56 Å². The summed E-state index contributed by atoms with van der Waals surface area (Å²) in [6, 6.07) is 15.3. The van der Waals surface area contributed by atoms with Crippen LogP contribution in [-0.4, -0.2) is 21.2 Å². The third-order valence-electron chi connectivity index (χ3n) is 4.66. The van der Waals surface area contributed by atoms with E-state index in [2.05, 4.69) is 31.0 Å². The first kappa shape index (κ1) is 19.2. The summed E-state index contributed by atoms with van der Waals surface area (Å²) in [7, 11) is 0. The summed E-state index contributed by atoms with van der Waals surface area (Å²) in [4.78, 5) is 28.9. The van der Waals surface area contributed by atoms with Gasteiger partial charge in [0.05, 0.1) is 16.6 Å². The van der Waals surface area contributed by atoms with Crippen molar-refractivity contribution in [3.8, 4) is 5.69 Å². The first-order valence-corrected chi connectivity index (χ1v) is 10.0. The quantitative estimate of drug-likeness (QED) is 0.498. The van der Waals surface area contributed by atoms with E-state index in [1.54, 1.807) is 10.6 Å². The summed E-state index contributed by atoms with van der Waals surface area (Å²) in [5.74, 6) is 0.579. The van der Waals surface area contributed by atoms with Crippen molar-refractivity contribution in [2.24, 2.45) is 5.73 Å². The molecule has 0 aliphatic heterocycles. The molecule has 1 aromatic heterocycles. The third-order valence-corrected chi connectivity index (χ3v) is 5.60. The van der Waals surface area contributed by atoms with Gasteiger partial charge in [0.1, 0.15) is 0 Å². The van der Waals surface area contributed by atoms with Gasteiger partial charge in [0.2, 0.25) is 5.91 Å². The number of primary amides is 1.